The van der Waals surface area contributed by atoms with Gasteiger partial charge in [0.15, 0.2) is 5.78 Å². The van der Waals surface area contributed by atoms with Crippen LogP contribution in [0.5, 0.6) is 5.75 Å². The maximum Gasteiger partial charge on any atom is 0.178 e. The third kappa shape index (κ3) is 2.38. The molecule has 0 aliphatic heterocycles. The standard InChI is InChI=1S/C13H17ClO2/c1-5-16-12-6-8(2)13(11(15)7-14)10(4)9(12)3/h6H,5,7H2,1-4H3. The first-order chi connectivity index (χ1) is 7.52. The Bertz CT molecular complexity index is 411. The number of alkyl halides is 1. The van der Waals surface area contributed by atoms with Crippen LogP contribution in [-0.4, -0.2) is 18.3 Å². The van der Waals surface area contributed by atoms with Crippen molar-refractivity contribution in [2.24, 2.45) is 0 Å². The van der Waals surface area contributed by atoms with E-state index < -0.39 is 0 Å². The van der Waals surface area contributed by atoms with Crippen LogP contribution in [0.3, 0.4) is 0 Å². The van der Waals surface area contributed by atoms with E-state index in [0.29, 0.717) is 6.61 Å². The molecule has 88 valence electrons. The van der Waals surface area contributed by atoms with E-state index in [-0.39, 0.29) is 11.7 Å². The van der Waals surface area contributed by atoms with E-state index in [4.69, 9.17) is 16.3 Å². The zero-order valence-corrected chi connectivity index (χ0v) is 10.9. The van der Waals surface area contributed by atoms with Crippen LogP contribution in [0.15, 0.2) is 6.07 Å². The number of carbonyl (C=O) groups excluding carboxylic acids is 1. The number of carbonyl (C=O) groups is 1. The molecule has 3 heteroatoms. The minimum atomic E-state index is -0.0252. The number of rotatable bonds is 4. The van der Waals surface area contributed by atoms with Gasteiger partial charge in [0, 0.05) is 5.56 Å². The van der Waals surface area contributed by atoms with Crippen LogP contribution in [-0.2, 0) is 0 Å². The van der Waals surface area contributed by atoms with Gasteiger partial charge in [-0.25, -0.2) is 0 Å². The van der Waals surface area contributed by atoms with Crippen molar-refractivity contribution in [1.29, 1.82) is 0 Å². The first kappa shape index (κ1) is 13.0. The van der Waals surface area contributed by atoms with Crippen molar-refractivity contribution in [2.75, 3.05) is 12.5 Å². The first-order valence-corrected chi connectivity index (χ1v) is 5.89. The largest absolute Gasteiger partial charge is 0.494 e. The van der Waals surface area contributed by atoms with Crippen molar-refractivity contribution >= 4 is 17.4 Å². The van der Waals surface area contributed by atoms with Gasteiger partial charge < -0.3 is 4.74 Å². The molecular formula is C13H17ClO2. The highest BCUT2D eigenvalue weighted by atomic mass is 35.5. The van der Waals surface area contributed by atoms with Crippen LogP contribution < -0.4 is 4.74 Å². The second-order valence-corrected chi connectivity index (χ2v) is 4.07. The highest BCUT2D eigenvalue weighted by molar-refractivity contribution is 6.30. The Morgan fingerprint density at radius 2 is 1.94 bits per heavy atom. The average Bonchev–Trinajstić information content (AvgIpc) is 2.25. The molecule has 0 N–H and O–H groups in total. The second kappa shape index (κ2) is 5.35. The molecule has 1 aromatic carbocycles. The monoisotopic (exact) mass is 240 g/mol. The fraction of sp³-hybridized carbons (Fsp3) is 0.462. The number of hydrogen-bond donors (Lipinski definition) is 0. The number of ether oxygens (including phenoxy) is 1. The summed E-state index contributed by atoms with van der Waals surface area (Å²) in [6, 6.07) is 1.91. The molecule has 0 fully saturated rings. The molecule has 0 saturated heterocycles. The summed E-state index contributed by atoms with van der Waals surface area (Å²) in [5.41, 5.74) is 3.64. The highest BCUT2D eigenvalue weighted by Gasteiger charge is 2.16. The molecule has 0 aromatic heterocycles. The normalized spacial score (nSPS) is 10.3. The van der Waals surface area contributed by atoms with E-state index in [0.717, 1.165) is 28.0 Å². The van der Waals surface area contributed by atoms with E-state index in [2.05, 4.69) is 0 Å². The molecule has 0 bridgehead atoms. The van der Waals surface area contributed by atoms with Gasteiger partial charge in [-0.15, -0.1) is 11.6 Å². The zero-order chi connectivity index (χ0) is 12.3. The topological polar surface area (TPSA) is 26.3 Å². The lowest BCUT2D eigenvalue weighted by molar-refractivity contribution is 0.102. The van der Waals surface area contributed by atoms with Crippen molar-refractivity contribution in [2.45, 2.75) is 27.7 Å². The Balaban J connectivity index is 3.34. The highest BCUT2D eigenvalue weighted by Crippen LogP contribution is 2.28. The summed E-state index contributed by atoms with van der Waals surface area (Å²) in [4.78, 5) is 11.7. The molecule has 0 aliphatic rings. The number of ketones is 1. The van der Waals surface area contributed by atoms with Gasteiger partial charge in [0.05, 0.1) is 12.5 Å². The molecule has 0 amide bonds. The first-order valence-electron chi connectivity index (χ1n) is 5.35. The third-order valence-electron chi connectivity index (χ3n) is 2.75. The van der Waals surface area contributed by atoms with Crippen LogP contribution in [0.1, 0.15) is 34.0 Å². The van der Waals surface area contributed by atoms with Gasteiger partial charge in [-0.2, -0.15) is 0 Å². The third-order valence-corrected chi connectivity index (χ3v) is 2.99. The van der Waals surface area contributed by atoms with Gasteiger partial charge in [0.2, 0.25) is 0 Å². The van der Waals surface area contributed by atoms with Crippen molar-refractivity contribution in [1.82, 2.24) is 0 Å². The number of hydrogen-bond acceptors (Lipinski definition) is 2. The molecule has 1 rings (SSSR count). The Kier molecular flexibility index (Phi) is 4.36. The number of halogens is 1. The SMILES string of the molecule is CCOc1cc(C)c(C(=O)CCl)c(C)c1C. The predicted octanol–water partition coefficient (Wildman–Crippen LogP) is 3.43. The van der Waals surface area contributed by atoms with Gasteiger partial charge in [-0.05, 0) is 50.5 Å². The lowest BCUT2D eigenvalue weighted by Gasteiger charge is -2.15. The maximum atomic E-state index is 11.7. The quantitative estimate of drug-likeness (QED) is 0.595. The minimum Gasteiger partial charge on any atom is -0.494 e. The van der Waals surface area contributed by atoms with Crippen molar-refractivity contribution < 1.29 is 9.53 Å². The lowest BCUT2D eigenvalue weighted by atomic mass is 9.95. The molecular weight excluding hydrogens is 224 g/mol. The second-order valence-electron chi connectivity index (χ2n) is 3.81. The Morgan fingerprint density at radius 1 is 1.31 bits per heavy atom. The minimum absolute atomic E-state index is 0.0229. The number of aryl methyl sites for hydroxylation is 1. The van der Waals surface area contributed by atoms with E-state index in [1.165, 1.54) is 0 Å². The summed E-state index contributed by atoms with van der Waals surface area (Å²) in [6.45, 7) is 8.38. The number of Topliss-reactive ketones (excluding diaryl/α,β-unsaturated/α-hetero) is 1. The van der Waals surface area contributed by atoms with E-state index >= 15 is 0 Å². The Morgan fingerprint density at radius 3 is 2.44 bits per heavy atom. The Hall–Kier alpha value is -1.02. The smallest absolute Gasteiger partial charge is 0.178 e. The molecule has 1 aromatic rings. The van der Waals surface area contributed by atoms with Crippen molar-refractivity contribution in [3.63, 3.8) is 0 Å². The number of benzene rings is 1. The fourth-order valence-electron chi connectivity index (χ4n) is 1.85. The van der Waals surface area contributed by atoms with Crippen LogP contribution >= 0.6 is 11.6 Å². The summed E-state index contributed by atoms with van der Waals surface area (Å²) in [7, 11) is 0. The van der Waals surface area contributed by atoms with Gasteiger partial charge in [-0.3, -0.25) is 4.79 Å². The van der Waals surface area contributed by atoms with Gasteiger partial charge in [-0.1, -0.05) is 0 Å². The summed E-state index contributed by atoms with van der Waals surface area (Å²) in [5.74, 6) is 0.848. The predicted molar refractivity (Wildman–Crippen MR) is 66.9 cm³/mol. The maximum absolute atomic E-state index is 11.7. The molecule has 0 heterocycles. The van der Waals surface area contributed by atoms with Crippen LogP contribution in [0.2, 0.25) is 0 Å². The molecule has 0 spiro atoms. The molecule has 0 aliphatic carbocycles. The van der Waals surface area contributed by atoms with Crippen LogP contribution in [0.25, 0.3) is 0 Å². The van der Waals surface area contributed by atoms with Crippen molar-refractivity contribution in [3.8, 4) is 5.75 Å². The molecule has 0 radical (unpaired) electrons. The van der Waals surface area contributed by atoms with E-state index in [9.17, 15) is 4.79 Å². The summed E-state index contributed by atoms with van der Waals surface area (Å²) >= 11 is 5.60. The van der Waals surface area contributed by atoms with E-state index in [1.807, 2.05) is 33.8 Å². The van der Waals surface area contributed by atoms with Gasteiger partial charge >= 0.3 is 0 Å². The van der Waals surface area contributed by atoms with E-state index in [1.54, 1.807) is 0 Å². The van der Waals surface area contributed by atoms with Crippen LogP contribution in [0.4, 0.5) is 0 Å². The van der Waals surface area contributed by atoms with Crippen molar-refractivity contribution in [3.05, 3.63) is 28.3 Å². The molecule has 16 heavy (non-hydrogen) atoms. The zero-order valence-electron chi connectivity index (χ0n) is 10.2. The summed E-state index contributed by atoms with van der Waals surface area (Å²) in [6.07, 6.45) is 0. The fourth-order valence-corrected chi connectivity index (χ4v) is 1.98. The van der Waals surface area contributed by atoms with Crippen LogP contribution in [0, 0.1) is 20.8 Å². The molecule has 0 atom stereocenters. The molecule has 2 nitrogen and oxygen atoms in total. The van der Waals surface area contributed by atoms with Gasteiger partial charge in [0.1, 0.15) is 5.75 Å². The summed E-state index contributed by atoms with van der Waals surface area (Å²) in [5, 5.41) is 0. The molecule has 0 unspecified atom stereocenters. The Labute approximate surface area is 102 Å². The lowest BCUT2D eigenvalue weighted by Crippen LogP contribution is -2.08. The summed E-state index contributed by atoms with van der Waals surface area (Å²) < 4.78 is 5.52. The van der Waals surface area contributed by atoms with Gasteiger partial charge in [0.25, 0.3) is 0 Å². The molecule has 0 saturated carbocycles. The average molecular weight is 241 g/mol.